The smallest absolute Gasteiger partial charge is 0.335 e. The van der Waals surface area contributed by atoms with E-state index in [9.17, 15) is 9.59 Å². The average molecular weight is 459 g/mol. The fourth-order valence-electron chi connectivity index (χ4n) is 4.02. The van der Waals surface area contributed by atoms with Gasteiger partial charge in [0.2, 0.25) is 0 Å². The number of nitrogens with zero attached hydrogens (tertiary/aromatic N) is 1. The number of fused-ring (bicyclic) bond motifs is 3. The maximum absolute atomic E-state index is 13.2. The largest absolute Gasteiger partial charge is 0.478 e. The highest BCUT2D eigenvalue weighted by molar-refractivity contribution is 6.30. The molecule has 2 heterocycles. The van der Waals surface area contributed by atoms with Crippen molar-refractivity contribution in [2.24, 2.45) is 0 Å². The van der Waals surface area contributed by atoms with Gasteiger partial charge in [-0.3, -0.25) is 4.79 Å². The molecule has 33 heavy (non-hydrogen) atoms. The molecule has 0 spiro atoms. The maximum Gasteiger partial charge on any atom is 0.335 e. The van der Waals surface area contributed by atoms with Gasteiger partial charge in [-0.15, -0.1) is 0 Å². The van der Waals surface area contributed by atoms with E-state index in [0.29, 0.717) is 22.7 Å². The third kappa shape index (κ3) is 4.08. The molecule has 3 aromatic carbocycles. The molecular formula is C26H19ClN2O4. The second-order valence-electron chi connectivity index (χ2n) is 7.78. The van der Waals surface area contributed by atoms with Gasteiger partial charge < -0.3 is 19.4 Å². The number of nitrogens with one attached hydrogen (secondary N) is 1. The number of aromatic carboxylic acids is 1. The maximum atomic E-state index is 13.2. The topological polar surface area (TPSA) is 84.5 Å². The van der Waals surface area contributed by atoms with Crippen LogP contribution in [-0.4, -0.2) is 21.6 Å². The van der Waals surface area contributed by atoms with E-state index < -0.39 is 5.97 Å². The van der Waals surface area contributed by atoms with Crippen molar-refractivity contribution in [3.63, 3.8) is 0 Å². The molecule has 7 heteroatoms. The van der Waals surface area contributed by atoms with Gasteiger partial charge in [-0.1, -0.05) is 35.9 Å². The number of amides is 1. The monoisotopic (exact) mass is 458 g/mol. The molecule has 0 aliphatic heterocycles. The zero-order valence-corrected chi connectivity index (χ0v) is 18.2. The van der Waals surface area contributed by atoms with Crippen LogP contribution in [0.1, 0.15) is 31.8 Å². The number of carboxylic acid groups (broad SMARTS) is 1. The lowest BCUT2D eigenvalue weighted by Gasteiger charge is -2.12. The molecule has 5 aromatic rings. The summed E-state index contributed by atoms with van der Waals surface area (Å²) in [6, 6.07) is 19.7. The van der Waals surface area contributed by atoms with Crippen LogP contribution < -0.4 is 5.32 Å². The summed E-state index contributed by atoms with van der Waals surface area (Å²) in [5.41, 5.74) is 3.98. The van der Waals surface area contributed by atoms with Crippen LogP contribution in [0.2, 0.25) is 5.02 Å². The lowest BCUT2D eigenvalue weighted by Crippen LogP contribution is -2.23. The van der Waals surface area contributed by atoms with E-state index in [2.05, 4.69) is 5.32 Å². The molecule has 0 radical (unpaired) electrons. The van der Waals surface area contributed by atoms with Gasteiger partial charge in [0.25, 0.3) is 5.91 Å². The van der Waals surface area contributed by atoms with Crippen LogP contribution in [0, 0.1) is 0 Å². The number of carboxylic acids is 1. The molecule has 0 atom stereocenters. The normalized spacial score (nSPS) is 11.2. The summed E-state index contributed by atoms with van der Waals surface area (Å²) in [7, 11) is 0. The minimum Gasteiger partial charge on any atom is -0.478 e. The first kappa shape index (κ1) is 20.8. The van der Waals surface area contributed by atoms with Crippen molar-refractivity contribution in [1.29, 1.82) is 0 Å². The van der Waals surface area contributed by atoms with Crippen molar-refractivity contribution in [3.05, 3.63) is 106 Å². The minimum atomic E-state index is -0.986. The number of benzene rings is 3. The molecule has 0 unspecified atom stereocenters. The number of furan rings is 1. The first-order valence-corrected chi connectivity index (χ1v) is 10.7. The average Bonchev–Trinajstić information content (AvgIpc) is 3.44. The van der Waals surface area contributed by atoms with Crippen molar-refractivity contribution in [3.8, 4) is 0 Å². The number of carbonyl (C=O) groups excluding carboxylic acids is 1. The Morgan fingerprint density at radius 1 is 0.970 bits per heavy atom. The van der Waals surface area contributed by atoms with Crippen LogP contribution in [0.3, 0.4) is 0 Å². The standard InChI is InChI=1S/C26H19ClN2O4/c27-19-3-1-2-17(12-19)15-29-10-8-21-20-9-11-33-23(20)13-22(24(21)29)25(30)28-14-16-4-6-18(7-5-16)26(31)32/h1-13H,14-15H2,(H,28,30)(H,31,32). The zero-order valence-electron chi connectivity index (χ0n) is 17.4. The zero-order chi connectivity index (χ0) is 22.9. The van der Waals surface area contributed by atoms with Gasteiger partial charge in [0.05, 0.1) is 22.9 Å². The predicted octanol–water partition coefficient (Wildman–Crippen LogP) is 5.72. The van der Waals surface area contributed by atoms with Crippen molar-refractivity contribution in [1.82, 2.24) is 9.88 Å². The van der Waals surface area contributed by atoms with Gasteiger partial charge in [-0.25, -0.2) is 4.79 Å². The minimum absolute atomic E-state index is 0.203. The molecule has 0 saturated heterocycles. The van der Waals surface area contributed by atoms with E-state index in [0.717, 1.165) is 27.4 Å². The van der Waals surface area contributed by atoms with Crippen LogP contribution in [-0.2, 0) is 13.1 Å². The molecule has 6 nitrogen and oxygen atoms in total. The van der Waals surface area contributed by atoms with E-state index in [1.807, 2.05) is 47.2 Å². The Labute approximate surface area is 194 Å². The third-order valence-electron chi connectivity index (χ3n) is 5.62. The number of aromatic nitrogens is 1. The van der Waals surface area contributed by atoms with E-state index >= 15 is 0 Å². The SMILES string of the molecule is O=C(O)c1ccc(CNC(=O)c2cc3occc3c3ccn(Cc4cccc(Cl)c4)c23)cc1. The number of halogens is 1. The molecule has 0 aliphatic carbocycles. The highest BCUT2D eigenvalue weighted by Gasteiger charge is 2.18. The Morgan fingerprint density at radius 3 is 2.55 bits per heavy atom. The van der Waals surface area contributed by atoms with E-state index in [1.165, 1.54) is 12.1 Å². The highest BCUT2D eigenvalue weighted by atomic mass is 35.5. The number of hydrogen-bond donors (Lipinski definition) is 2. The quantitative estimate of drug-likeness (QED) is 0.341. The number of hydrogen-bond acceptors (Lipinski definition) is 3. The van der Waals surface area contributed by atoms with Crippen LogP contribution in [0.25, 0.3) is 21.9 Å². The summed E-state index contributed by atoms with van der Waals surface area (Å²) in [6.07, 6.45) is 3.57. The van der Waals surface area contributed by atoms with Crippen LogP contribution in [0.4, 0.5) is 0 Å². The fraction of sp³-hybridized carbons (Fsp3) is 0.0769. The first-order chi connectivity index (χ1) is 16.0. The van der Waals surface area contributed by atoms with Gasteiger partial charge in [0.15, 0.2) is 0 Å². The van der Waals surface area contributed by atoms with Crippen LogP contribution in [0.15, 0.2) is 83.6 Å². The Hall–Kier alpha value is -4.03. The summed E-state index contributed by atoms with van der Waals surface area (Å²) in [5, 5.41) is 14.5. The molecule has 2 aromatic heterocycles. The summed E-state index contributed by atoms with van der Waals surface area (Å²) in [6.45, 7) is 0.829. The van der Waals surface area contributed by atoms with Crippen molar-refractivity contribution < 1.29 is 19.1 Å². The molecular weight excluding hydrogens is 440 g/mol. The van der Waals surface area contributed by atoms with Crippen LogP contribution >= 0.6 is 11.6 Å². The van der Waals surface area contributed by atoms with Crippen molar-refractivity contribution in [2.75, 3.05) is 0 Å². The van der Waals surface area contributed by atoms with Gasteiger partial charge in [-0.05, 0) is 53.6 Å². The van der Waals surface area contributed by atoms with Crippen molar-refractivity contribution >= 4 is 45.3 Å². The number of rotatable bonds is 6. The Morgan fingerprint density at radius 2 is 1.79 bits per heavy atom. The predicted molar refractivity (Wildman–Crippen MR) is 127 cm³/mol. The molecule has 2 N–H and O–H groups in total. The summed E-state index contributed by atoms with van der Waals surface area (Å²) >= 11 is 6.16. The van der Waals surface area contributed by atoms with E-state index in [1.54, 1.807) is 24.5 Å². The van der Waals surface area contributed by atoms with Gasteiger partial charge in [0.1, 0.15) is 5.58 Å². The summed E-state index contributed by atoms with van der Waals surface area (Å²) in [4.78, 5) is 24.3. The lowest BCUT2D eigenvalue weighted by atomic mass is 10.1. The van der Waals surface area contributed by atoms with Crippen molar-refractivity contribution in [2.45, 2.75) is 13.1 Å². The molecule has 0 bridgehead atoms. The Bertz CT molecular complexity index is 1500. The van der Waals surface area contributed by atoms with E-state index in [-0.39, 0.29) is 18.0 Å². The van der Waals surface area contributed by atoms with Crippen LogP contribution in [0.5, 0.6) is 0 Å². The molecule has 0 aliphatic rings. The third-order valence-corrected chi connectivity index (χ3v) is 5.86. The summed E-state index contributed by atoms with van der Waals surface area (Å²) in [5.74, 6) is -1.23. The van der Waals surface area contributed by atoms with Gasteiger partial charge in [-0.2, -0.15) is 0 Å². The molecule has 0 fully saturated rings. The second-order valence-corrected chi connectivity index (χ2v) is 8.21. The van der Waals surface area contributed by atoms with E-state index in [4.69, 9.17) is 21.1 Å². The lowest BCUT2D eigenvalue weighted by molar-refractivity contribution is 0.0696. The Kier molecular flexibility index (Phi) is 5.36. The summed E-state index contributed by atoms with van der Waals surface area (Å²) < 4.78 is 7.63. The molecule has 164 valence electrons. The molecule has 5 rings (SSSR count). The second kappa shape index (κ2) is 8.48. The van der Waals surface area contributed by atoms with Gasteiger partial charge in [0, 0.05) is 35.1 Å². The highest BCUT2D eigenvalue weighted by Crippen LogP contribution is 2.31. The fourth-order valence-corrected chi connectivity index (χ4v) is 4.24. The molecule has 1 amide bonds. The number of carbonyl (C=O) groups is 2. The van der Waals surface area contributed by atoms with Gasteiger partial charge >= 0.3 is 5.97 Å². The first-order valence-electron chi connectivity index (χ1n) is 10.3. The Balaban J connectivity index is 1.49. The molecule has 0 saturated carbocycles.